The Bertz CT molecular complexity index is 528. The standard InChI is InChI=1S/C24H35NOS/c1-2-3-24(27-25-26,22-10-16-4-17(11-22)6-18(5-16)12-22)23-13-19-7-20(14-23)9-21(8-19)15-23/h2,16-21H,1,3-15H2. The average molecular weight is 386 g/mol. The molecule has 2 nitrogen and oxygen atoms in total. The van der Waals surface area contributed by atoms with Crippen molar-refractivity contribution in [3.63, 3.8) is 0 Å². The fourth-order valence-electron chi connectivity index (χ4n) is 10.7. The lowest BCUT2D eigenvalue weighted by atomic mass is 9.37. The summed E-state index contributed by atoms with van der Waals surface area (Å²) in [7, 11) is 0. The first-order valence-corrected chi connectivity index (χ1v) is 12.5. The van der Waals surface area contributed by atoms with Gasteiger partial charge < -0.3 is 0 Å². The van der Waals surface area contributed by atoms with Crippen LogP contribution in [0.3, 0.4) is 0 Å². The van der Waals surface area contributed by atoms with E-state index < -0.39 is 0 Å². The molecule has 0 aromatic heterocycles. The van der Waals surface area contributed by atoms with Crippen molar-refractivity contribution in [2.24, 2.45) is 50.9 Å². The van der Waals surface area contributed by atoms with Gasteiger partial charge in [0.05, 0.1) is 4.75 Å². The zero-order valence-electron chi connectivity index (χ0n) is 16.7. The second kappa shape index (κ2) is 5.86. The van der Waals surface area contributed by atoms with E-state index in [1.165, 1.54) is 89.0 Å². The Morgan fingerprint density at radius 2 is 1.11 bits per heavy atom. The molecule has 0 aromatic rings. The lowest BCUT2D eigenvalue weighted by molar-refractivity contribution is -0.153. The number of nitroso groups, excluding NO2 is 1. The summed E-state index contributed by atoms with van der Waals surface area (Å²) >= 11 is 1.52. The molecule has 0 saturated heterocycles. The van der Waals surface area contributed by atoms with Crippen molar-refractivity contribution in [1.82, 2.24) is 0 Å². The predicted molar refractivity (Wildman–Crippen MR) is 112 cm³/mol. The molecule has 8 rings (SSSR count). The molecule has 0 radical (unpaired) electrons. The summed E-state index contributed by atoms with van der Waals surface area (Å²) in [4.78, 5) is 12.0. The van der Waals surface area contributed by atoms with Crippen molar-refractivity contribution in [2.45, 2.75) is 88.2 Å². The van der Waals surface area contributed by atoms with Gasteiger partial charge in [0.1, 0.15) is 0 Å². The molecule has 0 aromatic carbocycles. The van der Waals surface area contributed by atoms with E-state index >= 15 is 0 Å². The molecular weight excluding hydrogens is 350 g/mol. The van der Waals surface area contributed by atoms with Crippen molar-refractivity contribution in [3.8, 4) is 0 Å². The third-order valence-corrected chi connectivity index (χ3v) is 11.8. The van der Waals surface area contributed by atoms with Crippen molar-refractivity contribution >= 4 is 11.9 Å². The van der Waals surface area contributed by atoms with Crippen molar-refractivity contribution < 1.29 is 0 Å². The van der Waals surface area contributed by atoms with Gasteiger partial charge in [-0.3, -0.25) is 0 Å². The number of nitrogens with zero attached hydrogens (tertiary/aromatic N) is 1. The lowest BCUT2D eigenvalue weighted by Gasteiger charge is -2.71. The molecule has 0 atom stereocenters. The van der Waals surface area contributed by atoms with Gasteiger partial charge in [0.15, 0.2) is 0 Å². The highest BCUT2D eigenvalue weighted by Gasteiger charge is 2.70. The molecule has 8 aliphatic carbocycles. The third kappa shape index (κ3) is 2.27. The van der Waals surface area contributed by atoms with E-state index in [4.69, 9.17) is 0 Å². The molecule has 0 heterocycles. The first kappa shape index (κ1) is 17.5. The summed E-state index contributed by atoms with van der Waals surface area (Å²) in [6.07, 6.45) is 20.4. The van der Waals surface area contributed by atoms with E-state index in [1.54, 1.807) is 0 Å². The van der Waals surface area contributed by atoms with Gasteiger partial charge in [0.25, 0.3) is 0 Å². The Labute approximate surface area is 168 Å². The molecule has 148 valence electrons. The van der Waals surface area contributed by atoms with Crippen LogP contribution in [0, 0.1) is 51.2 Å². The van der Waals surface area contributed by atoms with E-state index in [2.05, 4.69) is 17.2 Å². The van der Waals surface area contributed by atoms with Gasteiger partial charge in [-0.1, -0.05) is 6.08 Å². The number of hydrogen-bond acceptors (Lipinski definition) is 3. The molecule has 0 aliphatic heterocycles. The van der Waals surface area contributed by atoms with Crippen LogP contribution < -0.4 is 0 Å². The predicted octanol–water partition coefficient (Wildman–Crippen LogP) is 7.15. The maximum Gasteiger partial charge on any atom is 0.0559 e. The van der Waals surface area contributed by atoms with Crippen molar-refractivity contribution in [3.05, 3.63) is 17.6 Å². The van der Waals surface area contributed by atoms with E-state index in [0.29, 0.717) is 10.8 Å². The Hall–Kier alpha value is -0.310. The minimum absolute atomic E-state index is 0.0372. The monoisotopic (exact) mass is 385 g/mol. The van der Waals surface area contributed by atoms with Gasteiger partial charge in [-0.05, 0) is 130 Å². The largest absolute Gasteiger partial charge is 0.137 e. The Balaban J connectivity index is 1.49. The van der Waals surface area contributed by atoms with Crippen LogP contribution in [0.1, 0.15) is 83.5 Å². The highest BCUT2D eigenvalue weighted by atomic mass is 32.2. The average Bonchev–Trinajstić information content (AvgIpc) is 2.59. The van der Waals surface area contributed by atoms with Crippen LogP contribution in [-0.4, -0.2) is 4.75 Å². The molecule has 0 N–H and O–H groups in total. The quantitative estimate of drug-likeness (QED) is 0.276. The van der Waals surface area contributed by atoms with Crippen LogP contribution in [0.5, 0.6) is 0 Å². The van der Waals surface area contributed by atoms with Gasteiger partial charge in [-0.2, -0.15) is 0 Å². The molecule has 0 spiro atoms. The summed E-state index contributed by atoms with van der Waals surface area (Å²) in [5.74, 6) is 5.59. The third-order valence-electron chi connectivity index (χ3n) is 10.4. The fourth-order valence-corrected chi connectivity index (χ4v) is 11.9. The van der Waals surface area contributed by atoms with E-state index in [9.17, 15) is 4.91 Å². The highest BCUT2D eigenvalue weighted by Crippen LogP contribution is 2.76. The topological polar surface area (TPSA) is 29.4 Å². The van der Waals surface area contributed by atoms with Crippen LogP contribution >= 0.6 is 11.9 Å². The summed E-state index contributed by atoms with van der Waals surface area (Å²) in [6, 6.07) is 0. The first-order chi connectivity index (χ1) is 13.1. The highest BCUT2D eigenvalue weighted by molar-refractivity contribution is 7.99. The molecular formula is C24H35NOS. The zero-order chi connectivity index (χ0) is 18.3. The summed E-state index contributed by atoms with van der Waals surface area (Å²) in [5, 5.41) is 0. The van der Waals surface area contributed by atoms with Crippen LogP contribution in [0.15, 0.2) is 17.2 Å². The molecule has 8 fully saturated rings. The van der Waals surface area contributed by atoms with Gasteiger partial charge in [-0.15, -0.1) is 11.5 Å². The van der Waals surface area contributed by atoms with Crippen LogP contribution in [0.2, 0.25) is 0 Å². The molecule has 0 unspecified atom stereocenters. The number of allylic oxidation sites excluding steroid dienone is 1. The van der Waals surface area contributed by atoms with Crippen LogP contribution in [-0.2, 0) is 0 Å². The first-order valence-electron chi connectivity index (χ1n) is 11.7. The number of rotatable bonds is 6. The van der Waals surface area contributed by atoms with Crippen LogP contribution in [0.25, 0.3) is 0 Å². The summed E-state index contributed by atoms with van der Waals surface area (Å²) in [6.45, 7) is 4.23. The van der Waals surface area contributed by atoms with E-state index in [1.807, 2.05) is 0 Å². The lowest BCUT2D eigenvalue weighted by Crippen LogP contribution is -2.66. The maximum atomic E-state index is 12.0. The Morgan fingerprint density at radius 3 is 1.37 bits per heavy atom. The van der Waals surface area contributed by atoms with Crippen molar-refractivity contribution in [2.75, 3.05) is 0 Å². The minimum Gasteiger partial charge on any atom is -0.137 e. The summed E-state index contributed by atoms with van der Waals surface area (Å²) < 4.78 is 3.70. The molecule has 8 saturated carbocycles. The molecule has 27 heavy (non-hydrogen) atoms. The van der Waals surface area contributed by atoms with Gasteiger partial charge in [0, 0.05) is 16.5 Å². The summed E-state index contributed by atoms with van der Waals surface area (Å²) in [5.41, 5.74) is 0.723. The molecule has 3 heteroatoms. The minimum atomic E-state index is 0.0372. The van der Waals surface area contributed by atoms with Gasteiger partial charge >= 0.3 is 0 Å². The van der Waals surface area contributed by atoms with Gasteiger partial charge in [0.2, 0.25) is 0 Å². The Kier molecular flexibility index (Phi) is 3.81. The maximum absolute atomic E-state index is 12.0. The van der Waals surface area contributed by atoms with Crippen molar-refractivity contribution in [1.29, 1.82) is 0 Å². The second-order valence-electron chi connectivity index (χ2n) is 11.9. The molecule has 0 amide bonds. The molecule has 8 aliphatic rings. The fraction of sp³-hybridized carbons (Fsp3) is 0.917. The second-order valence-corrected chi connectivity index (χ2v) is 12.9. The normalized spacial score (nSPS) is 54.1. The zero-order valence-corrected chi connectivity index (χ0v) is 17.5. The van der Waals surface area contributed by atoms with Gasteiger partial charge in [-0.25, -0.2) is 0 Å². The van der Waals surface area contributed by atoms with E-state index in [-0.39, 0.29) is 4.75 Å². The smallest absolute Gasteiger partial charge is 0.0559 e. The number of hydrogen-bond donors (Lipinski definition) is 0. The Morgan fingerprint density at radius 1 is 0.778 bits per heavy atom. The van der Waals surface area contributed by atoms with Crippen LogP contribution in [0.4, 0.5) is 0 Å². The van der Waals surface area contributed by atoms with E-state index in [0.717, 1.165) is 41.9 Å². The SMILES string of the molecule is C=CCC(SN=O)(C12CC3CC(CC(C3)C1)C2)C12CC3CC(CC(C3)C1)C2. The molecule has 8 bridgehead atoms.